The molecule has 1 aromatic heterocycles. The topological polar surface area (TPSA) is 38.8 Å². The van der Waals surface area contributed by atoms with Crippen molar-refractivity contribution in [1.29, 1.82) is 0 Å². The molecule has 0 radical (unpaired) electrons. The highest BCUT2D eigenvalue weighted by molar-refractivity contribution is 7.10. The third-order valence-electron chi connectivity index (χ3n) is 5.70. The van der Waals surface area contributed by atoms with E-state index in [9.17, 15) is 18.0 Å². The summed E-state index contributed by atoms with van der Waals surface area (Å²) in [7, 11) is 1.35. The van der Waals surface area contributed by atoms with Crippen LogP contribution in [0.25, 0.3) is 0 Å². The predicted octanol–water partition coefficient (Wildman–Crippen LogP) is 7.21. The molecule has 0 amide bonds. The lowest BCUT2D eigenvalue weighted by molar-refractivity contribution is -0.140. The molecule has 1 heterocycles. The Morgan fingerprint density at radius 3 is 2.61 bits per heavy atom. The number of rotatable bonds is 12. The lowest BCUT2D eigenvalue weighted by atomic mass is 10.1. The van der Waals surface area contributed by atoms with Gasteiger partial charge in [0, 0.05) is 30.4 Å². The fourth-order valence-corrected chi connectivity index (χ4v) is 4.98. The molecule has 0 saturated carbocycles. The van der Waals surface area contributed by atoms with Crippen molar-refractivity contribution in [2.24, 2.45) is 0 Å². The monoisotopic (exact) mass is 539 g/mol. The van der Waals surface area contributed by atoms with E-state index in [2.05, 4.69) is 17.9 Å². The summed E-state index contributed by atoms with van der Waals surface area (Å²) in [5, 5.41) is 1.76. The number of methoxy groups -OCH3 is 1. The molecule has 4 nitrogen and oxygen atoms in total. The van der Waals surface area contributed by atoms with E-state index in [-0.39, 0.29) is 23.3 Å². The average Bonchev–Trinajstić information content (AvgIpc) is 3.38. The summed E-state index contributed by atoms with van der Waals surface area (Å²) in [5.74, 6) is 0.539. The second-order valence-electron chi connectivity index (χ2n) is 8.53. The number of hydrogen-bond acceptors (Lipinski definition) is 5. The summed E-state index contributed by atoms with van der Waals surface area (Å²) in [6, 6.07) is 15.4. The zero-order chi connectivity index (χ0) is 26.1. The van der Waals surface area contributed by atoms with Gasteiger partial charge in [-0.2, -0.15) is 13.2 Å². The average molecular weight is 540 g/mol. The number of nitrogens with zero attached hydrogens (tertiary/aromatic N) is 1. The van der Waals surface area contributed by atoms with Gasteiger partial charge in [-0.25, -0.2) is 0 Å². The molecule has 194 valence electrons. The minimum atomic E-state index is -4.50. The van der Waals surface area contributed by atoms with Crippen molar-refractivity contribution in [2.75, 3.05) is 26.8 Å². The molecular formula is C27H29ClF3NO3S. The summed E-state index contributed by atoms with van der Waals surface area (Å²) in [6.07, 6.45) is -3.67. The number of esters is 1. The molecule has 2 aromatic carbocycles. The van der Waals surface area contributed by atoms with Gasteiger partial charge in [0.2, 0.25) is 0 Å². The summed E-state index contributed by atoms with van der Waals surface area (Å²) in [6.45, 7) is 4.11. The van der Waals surface area contributed by atoms with Crippen molar-refractivity contribution in [3.63, 3.8) is 0 Å². The number of alkyl halides is 3. The smallest absolute Gasteiger partial charge is 0.417 e. The predicted molar refractivity (Wildman–Crippen MR) is 137 cm³/mol. The molecule has 0 aliphatic rings. The highest BCUT2D eigenvalue weighted by Crippen LogP contribution is 2.36. The maximum absolute atomic E-state index is 13.4. The SMILES string of the molecule is COC(=O)Cc1cccc(OCCCN(Cc2cccc(C(F)(F)F)c2Cl)CC(C)c2cccs2)c1. The van der Waals surface area contributed by atoms with Crippen molar-refractivity contribution in [3.8, 4) is 5.75 Å². The Morgan fingerprint density at radius 2 is 1.92 bits per heavy atom. The Bertz CT molecular complexity index is 1120. The lowest BCUT2D eigenvalue weighted by Crippen LogP contribution is -2.29. The quantitative estimate of drug-likeness (QED) is 0.180. The number of benzene rings is 2. The minimum Gasteiger partial charge on any atom is -0.494 e. The Hall–Kier alpha value is -2.55. The molecule has 0 bridgehead atoms. The van der Waals surface area contributed by atoms with Crippen molar-refractivity contribution in [2.45, 2.75) is 38.4 Å². The van der Waals surface area contributed by atoms with E-state index in [0.29, 0.717) is 44.0 Å². The Kier molecular flexibility index (Phi) is 10.2. The Morgan fingerprint density at radius 1 is 1.14 bits per heavy atom. The normalized spacial score (nSPS) is 12.5. The number of halogens is 4. The fourth-order valence-electron chi connectivity index (χ4n) is 3.91. The van der Waals surface area contributed by atoms with Gasteiger partial charge in [0.15, 0.2) is 0 Å². The van der Waals surface area contributed by atoms with E-state index in [0.717, 1.165) is 11.6 Å². The van der Waals surface area contributed by atoms with E-state index in [1.807, 2.05) is 29.6 Å². The zero-order valence-corrected chi connectivity index (χ0v) is 21.8. The summed E-state index contributed by atoms with van der Waals surface area (Å²) in [4.78, 5) is 14.8. The van der Waals surface area contributed by atoms with Gasteiger partial charge in [0.05, 0.1) is 30.7 Å². The van der Waals surface area contributed by atoms with Crippen molar-refractivity contribution in [3.05, 3.63) is 86.6 Å². The molecule has 0 spiro atoms. The largest absolute Gasteiger partial charge is 0.494 e. The van der Waals surface area contributed by atoms with Crippen LogP contribution < -0.4 is 4.74 Å². The molecule has 0 saturated heterocycles. The van der Waals surface area contributed by atoms with Crippen LogP contribution in [0.1, 0.15) is 40.8 Å². The van der Waals surface area contributed by atoms with Crippen LogP contribution in [0.5, 0.6) is 5.75 Å². The fraction of sp³-hybridized carbons (Fsp3) is 0.370. The number of ether oxygens (including phenoxy) is 2. The summed E-state index contributed by atoms with van der Waals surface area (Å²) < 4.78 is 50.6. The third-order valence-corrected chi connectivity index (χ3v) is 7.25. The second-order valence-corrected chi connectivity index (χ2v) is 9.89. The molecule has 3 aromatic rings. The molecule has 0 fully saturated rings. The van der Waals surface area contributed by atoms with Gasteiger partial charge in [-0.3, -0.25) is 9.69 Å². The van der Waals surface area contributed by atoms with Gasteiger partial charge in [-0.15, -0.1) is 11.3 Å². The van der Waals surface area contributed by atoms with Gasteiger partial charge in [0.1, 0.15) is 5.75 Å². The number of carbonyl (C=O) groups excluding carboxylic acids is 1. The van der Waals surface area contributed by atoms with Crippen LogP contribution in [0, 0.1) is 0 Å². The highest BCUT2D eigenvalue weighted by atomic mass is 35.5. The first-order valence-electron chi connectivity index (χ1n) is 11.6. The van der Waals surface area contributed by atoms with Crippen molar-refractivity contribution < 1.29 is 27.4 Å². The van der Waals surface area contributed by atoms with E-state index < -0.39 is 11.7 Å². The first kappa shape index (κ1) is 28.0. The van der Waals surface area contributed by atoms with E-state index in [1.54, 1.807) is 23.5 Å². The van der Waals surface area contributed by atoms with Crippen LogP contribution in [0.4, 0.5) is 13.2 Å². The van der Waals surface area contributed by atoms with Gasteiger partial charge >= 0.3 is 12.1 Å². The van der Waals surface area contributed by atoms with E-state index in [1.165, 1.54) is 18.1 Å². The van der Waals surface area contributed by atoms with Crippen molar-refractivity contribution in [1.82, 2.24) is 4.90 Å². The van der Waals surface area contributed by atoms with E-state index >= 15 is 0 Å². The minimum absolute atomic E-state index is 0.167. The first-order valence-corrected chi connectivity index (χ1v) is 12.8. The second kappa shape index (κ2) is 13.1. The van der Waals surface area contributed by atoms with E-state index in [4.69, 9.17) is 21.1 Å². The zero-order valence-electron chi connectivity index (χ0n) is 20.2. The highest BCUT2D eigenvalue weighted by Gasteiger charge is 2.34. The van der Waals surface area contributed by atoms with Crippen molar-refractivity contribution >= 4 is 28.9 Å². The van der Waals surface area contributed by atoms with Crippen LogP contribution in [-0.4, -0.2) is 37.7 Å². The number of hydrogen-bond donors (Lipinski definition) is 0. The number of carbonyl (C=O) groups is 1. The Balaban J connectivity index is 1.65. The Labute approximate surface area is 218 Å². The van der Waals surface area contributed by atoms with Crippen LogP contribution in [-0.2, 0) is 28.7 Å². The third kappa shape index (κ3) is 8.25. The standard InChI is InChI=1S/C27H29ClF3NO3S/c1-19(24-11-5-14-36-24)17-32(18-21-8-4-10-23(26(21)28)27(29,30)31)12-6-13-35-22-9-3-7-20(15-22)16-25(33)34-2/h3-5,7-11,14-15,19H,6,12-13,16-18H2,1-2H3. The molecular weight excluding hydrogens is 511 g/mol. The summed E-state index contributed by atoms with van der Waals surface area (Å²) >= 11 is 7.84. The molecule has 3 rings (SSSR count). The van der Waals surface area contributed by atoms with Gasteiger partial charge < -0.3 is 9.47 Å². The number of thiophene rings is 1. The maximum atomic E-state index is 13.4. The van der Waals surface area contributed by atoms with Crippen LogP contribution in [0.2, 0.25) is 5.02 Å². The van der Waals surface area contributed by atoms with Gasteiger partial charge in [0.25, 0.3) is 0 Å². The molecule has 0 aliphatic carbocycles. The van der Waals surface area contributed by atoms with Crippen LogP contribution in [0.3, 0.4) is 0 Å². The molecule has 1 unspecified atom stereocenters. The van der Waals surface area contributed by atoms with Gasteiger partial charge in [-0.05, 0) is 47.2 Å². The molecule has 36 heavy (non-hydrogen) atoms. The molecule has 0 aliphatic heterocycles. The van der Waals surface area contributed by atoms with Crippen LogP contribution >= 0.6 is 22.9 Å². The first-order chi connectivity index (χ1) is 17.2. The molecule has 9 heteroatoms. The summed E-state index contributed by atoms with van der Waals surface area (Å²) in [5.41, 5.74) is 0.425. The van der Waals surface area contributed by atoms with Gasteiger partial charge in [-0.1, -0.05) is 48.9 Å². The lowest BCUT2D eigenvalue weighted by Gasteiger charge is -2.26. The molecule has 0 N–H and O–H groups in total. The maximum Gasteiger partial charge on any atom is 0.417 e. The van der Waals surface area contributed by atoms with Crippen LogP contribution in [0.15, 0.2) is 60.0 Å². The molecule has 1 atom stereocenters.